The van der Waals surface area contributed by atoms with Gasteiger partial charge in [0, 0.05) is 22.6 Å². The predicted molar refractivity (Wildman–Crippen MR) is 97.3 cm³/mol. The Balaban J connectivity index is 0.00000225. The van der Waals surface area contributed by atoms with Gasteiger partial charge in [0.1, 0.15) is 11.6 Å². The van der Waals surface area contributed by atoms with Gasteiger partial charge in [-0.15, -0.1) is 0 Å². The van der Waals surface area contributed by atoms with Gasteiger partial charge in [0.25, 0.3) is 0 Å². The first-order valence-electron chi connectivity index (χ1n) is 8.91. The Morgan fingerprint density at radius 3 is 2.07 bits per heavy atom. The number of hydrogen-bond acceptors (Lipinski definition) is 7. The molecule has 3 aromatic rings. The molecule has 10 heteroatoms. The first-order chi connectivity index (χ1) is 13.3. The minimum absolute atomic E-state index is 0. The number of carboxylic acids is 2. The molecule has 8 nitrogen and oxygen atoms in total. The zero-order chi connectivity index (χ0) is 20.6. The molecule has 0 bridgehead atoms. The van der Waals surface area contributed by atoms with Gasteiger partial charge in [-0.2, -0.15) is 0 Å². The van der Waals surface area contributed by atoms with Gasteiger partial charge in [0.05, 0.1) is 22.6 Å². The summed E-state index contributed by atoms with van der Waals surface area (Å²) in [6.07, 6.45) is 1.67. The van der Waals surface area contributed by atoms with E-state index in [2.05, 4.69) is 4.98 Å². The molecule has 146 valence electrons. The second-order valence-electron chi connectivity index (χ2n) is 6.51. The van der Waals surface area contributed by atoms with Gasteiger partial charge in [-0.3, -0.25) is 9.59 Å². The van der Waals surface area contributed by atoms with E-state index in [1.54, 1.807) is 0 Å². The fourth-order valence-electron chi connectivity index (χ4n) is 3.41. The second-order valence-corrected chi connectivity index (χ2v) is 6.51. The number of aromatic amines is 1. The summed E-state index contributed by atoms with van der Waals surface area (Å²) in [5.41, 5.74) is -0.835. The Morgan fingerprint density at radius 2 is 1.53 bits per heavy atom. The molecule has 1 N–H and O–H groups in total. The molecule has 0 radical (unpaired) electrons. The van der Waals surface area contributed by atoms with E-state index in [4.69, 9.17) is 4.42 Å². The number of pyridine rings is 1. The summed E-state index contributed by atoms with van der Waals surface area (Å²) in [5, 5.41) is 22.9. The topological polar surface area (TPSA) is 143 Å². The Labute approximate surface area is 215 Å². The van der Waals surface area contributed by atoms with Crippen LogP contribution in [0.3, 0.4) is 0 Å². The minimum atomic E-state index is -1.65. The van der Waals surface area contributed by atoms with Gasteiger partial charge in [-0.05, 0) is 18.9 Å². The number of benzene rings is 1. The first-order valence-corrected chi connectivity index (χ1v) is 8.91. The average molecular weight is 429 g/mol. The summed E-state index contributed by atoms with van der Waals surface area (Å²) >= 11 is 0. The number of aromatic carboxylic acids is 2. The van der Waals surface area contributed by atoms with Crippen molar-refractivity contribution >= 4 is 33.8 Å². The van der Waals surface area contributed by atoms with Crippen molar-refractivity contribution in [2.75, 3.05) is 0 Å². The predicted octanol–water partition coefficient (Wildman–Crippen LogP) is -5.73. The number of carbonyl (C=O) groups is 2. The third-order valence-corrected chi connectivity index (χ3v) is 4.59. The molecule has 0 unspecified atom stereocenters. The van der Waals surface area contributed by atoms with E-state index in [1.807, 2.05) is 13.8 Å². The van der Waals surface area contributed by atoms with E-state index in [9.17, 15) is 29.4 Å². The molecule has 0 aliphatic rings. The molecular weight excluding hydrogens is 412 g/mol. The van der Waals surface area contributed by atoms with Crippen LogP contribution in [0.5, 0.6) is 0 Å². The fraction of sp³-hybridized carbons (Fsp3) is 0.300. The van der Waals surface area contributed by atoms with Gasteiger partial charge in [0.2, 0.25) is 0 Å². The smallest absolute Gasteiger partial charge is 0.543 e. The molecule has 2 aromatic heterocycles. The Morgan fingerprint density at radius 1 is 0.933 bits per heavy atom. The summed E-state index contributed by atoms with van der Waals surface area (Å²) < 4.78 is 5.37. The first kappa shape index (κ1) is 26.6. The molecule has 0 aliphatic carbocycles. The maximum Gasteiger partial charge on any atom is 1.00 e. The molecular formula is C20H17NNa2O7. The van der Waals surface area contributed by atoms with Crippen LogP contribution in [0.25, 0.3) is 21.9 Å². The van der Waals surface area contributed by atoms with E-state index in [1.165, 1.54) is 6.07 Å². The van der Waals surface area contributed by atoms with Crippen molar-refractivity contribution < 1.29 is 83.3 Å². The maximum absolute atomic E-state index is 13.0. The van der Waals surface area contributed by atoms with E-state index in [0.717, 1.165) is 6.07 Å². The molecule has 0 saturated heterocycles. The SMILES string of the molecule is CCCc1c(C(=O)[O-])[nH]c2c(CCC)c3oc(C(=O)[O-])cc(=O)c3cc2c1=O.[Na+].[Na+]. The number of carboxylic acid groups (broad SMARTS) is 2. The Bertz CT molecular complexity index is 1240. The van der Waals surface area contributed by atoms with Crippen molar-refractivity contribution in [1.82, 2.24) is 4.98 Å². The molecule has 0 spiro atoms. The standard InChI is InChI=1S/C20H19NO7.2Na/c1-3-5-9-16(20(26)27)21-15-10(6-4-2)18-11(7-12(15)17(9)23)13(22)8-14(28-18)19(24)25;;/h7-8H,3-6H2,1-2H3,(H,21,23)(H,24,25)(H,26,27);;/q;2*+1/p-2. The van der Waals surface area contributed by atoms with Crippen LogP contribution in [0, 0.1) is 0 Å². The van der Waals surface area contributed by atoms with E-state index >= 15 is 0 Å². The second kappa shape index (κ2) is 10.7. The summed E-state index contributed by atoms with van der Waals surface area (Å²) in [7, 11) is 0. The summed E-state index contributed by atoms with van der Waals surface area (Å²) in [6.45, 7) is 3.65. The number of fused-ring (bicyclic) bond motifs is 2. The van der Waals surface area contributed by atoms with Crippen molar-refractivity contribution in [3.63, 3.8) is 0 Å². The summed E-state index contributed by atoms with van der Waals surface area (Å²) in [6, 6.07) is 2.11. The molecule has 2 heterocycles. The third-order valence-electron chi connectivity index (χ3n) is 4.59. The molecule has 3 rings (SSSR count). The molecule has 0 atom stereocenters. The zero-order valence-electron chi connectivity index (χ0n) is 17.3. The zero-order valence-corrected chi connectivity index (χ0v) is 21.3. The number of hydrogen-bond donors (Lipinski definition) is 1. The number of carbonyl (C=O) groups excluding carboxylic acids is 2. The molecule has 0 fully saturated rings. The Kier molecular flexibility index (Phi) is 9.53. The van der Waals surface area contributed by atoms with Gasteiger partial charge >= 0.3 is 59.1 Å². The number of aryl methyl sites for hydroxylation is 1. The molecule has 1 aromatic carbocycles. The number of nitrogens with one attached hydrogen (secondary N) is 1. The average Bonchev–Trinajstić information content (AvgIpc) is 2.64. The molecule has 0 aliphatic heterocycles. The summed E-state index contributed by atoms with van der Waals surface area (Å²) in [4.78, 5) is 50.9. The van der Waals surface area contributed by atoms with Crippen molar-refractivity contribution in [3.05, 3.63) is 55.2 Å². The molecule has 0 amide bonds. The van der Waals surface area contributed by atoms with Gasteiger partial charge in [0.15, 0.2) is 16.6 Å². The van der Waals surface area contributed by atoms with Crippen LogP contribution in [-0.2, 0) is 12.8 Å². The van der Waals surface area contributed by atoms with Crippen LogP contribution < -0.4 is 80.2 Å². The largest absolute Gasteiger partial charge is 1.00 e. The Hall–Kier alpha value is -1.42. The number of rotatable bonds is 6. The third kappa shape index (κ3) is 4.74. The van der Waals surface area contributed by atoms with Crippen LogP contribution in [0.2, 0.25) is 0 Å². The van der Waals surface area contributed by atoms with Gasteiger partial charge < -0.3 is 29.2 Å². The fourth-order valence-corrected chi connectivity index (χ4v) is 3.41. The monoisotopic (exact) mass is 429 g/mol. The van der Waals surface area contributed by atoms with Crippen LogP contribution >= 0.6 is 0 Å². The van der Waals surface area contributed by atoms with Gasteiger partial charge in [-0.1, -0.05) is 26.7 Å². The molecule has 0 saturated carbocycles. The van der Waals surface area contributed by atoms with Gasteiger partial charge in [-0.25, -0.2) is 0 Å². The van der Waals surface area contributed by atoms with E-state index in [0.29, 0.717) is 24.8 Å². The number of aromatic nitrogens is 1. The van der Waals surface area contributed by atoms with Crippen molar-refractivity contribution in [2.24, 2.45) is 0 Å². The van der Waals surface area contributed by atoms with Crippen LogP contribution in [0.1, 0.15) is 58.9 Å². The van der Waals surface area contributed by atoms with Crippen molar-refractivity contribution in [3.8, 4) is 0 Å². The number of H-pyrrole nitrogens is 1. The molecule has 30 heavy (non-hydrogen) atoms. The van der Waals surface area contributed by atoms with Crippen molar-refractivity contribution in [2.45, 2.75) is 39.5 Å². The van der Waals surface area contributed by atoms with E-state index < -0.39 is 28.6 Å². The minimum Gasteiger partial charge on any atom is -0.543 e. The summed E-state index contributed by atoms with van der Waals surface area (Å²) in [5.74, 6) is -3.81. The van der Waals surface area contributed by atoms with Crippen LogP contribution in [0.15, 0.2) is 26.1 Å². The van der Waals surface area contributed by atoms with E-state index in [-0.39, 0.29) is 98.7 Å². The van der Waals surface area contributed by atoms with Crippen LogP contribution in [0.4, 0.5) is 0 Å². The maximum atomic E-state index is 13.0. The van der Waals surface area contributed by atoms with Crippen molar-refractivity contribution in [1.29, 1.82) is 0 Å². The quantitative estimate of drug-likeness (QED) is 0.304. The van der Waals surface area contributed by atoms with Crippen LogP contribution in [-0.4, -0.2) is 16.9 Å². The normalized spacial score (nSPS) is 10.5.